The smallest absolute Gasteiger partial charge is 0.263 e. The highest BCUT2D eigenvalue weighted by atomic mass is 19.1. The molecule has 23 heavy (non-hydrogen) atoms. The van der Waals surface area contributed by atoms with Gasteiger partial charge in [0.15, 0.2) is 5.65 Å². The number of aromatic amines is 1. The zero-order valence-corrected chi connectivity index (χ0v) is 11.9. The first-order chi connectivity index (χ1) is 11.2. The van der Waals surface area contributed by atoms with E-state index < -0.39 is 11.8 Å². The molecule has 3 heterocycles. The van der Waals surface area contributed by atoms with Crippen molar-refractivity contribution in [2.24, 2.45) is 0 Å². The van der Waals surface area contributed by atoms with Gasteiger partial charge in [0.25, 0.3) is 11.8 Å². The highest BCUT2D eigenvalue weighted by molar-refractivity contribution is 6.25. The van der Waals surface area contributed by atoms with Crippen LogP contribution in [-0.2, 0) is 6.42 Å². The van der Waals surface area contributed by atoms with Crippen LogP contribution < -0.4 is 0 Å². The summed E-state index contributed by atoms with van der Waals surface area (Å²) >= 11 is 0. The summed E-state index contributed by atoms with van der Waals surface area (Å²) in [7, 11) is 0. The molecule has 1 aliphatic heterocycles. The first-order valence-corrected chi connectivity index (χ1v) is 7.08. The van der Waals surface area contributed by atoms with Crippen LogP contribution >= 0.6 is 0 Å². The van der Waals surface area contributed by atoms with Crippen LogP contribution in [0.5, 0.6) is 0 Å². The second-order valence-corrected chi connectivity index (χ2v) is 5.28. The van der Waals surface area contributed by atoms with Gasteiger partial charge in [0, 0.05) is 12.7 Å². The van der Waals surface area contributed by atoms with Gasteiger partial charge in [0.1, 0.15) is 5.82 Å². The number of carbonyl (C=O) groups is 2. The zero-order chi connectivity index (χ0) is 16.0. The molecular formula is C16H11FN4O2. The molecule has 0 radical (unpaired) electrons. The summed E-state index contributed by atoms with van der Waals surface area (Å²) in [6.45, 7) is 0.118. The van der Waals surface area contributed by atoms with Crippen molar-refractivity contribution in [2.75, 3.05) is 6.54 Å². The molecule has 0 aliphatic carbocycles. The molecule has 0 saturated carbocycles. The molecule has 0 bridgehead atoms. The standard InChI is InChI=1S/C16H11FN4O2/c17-12-4-2-1-3-9(12)5-6-21-15(22)11-7-18-14-10(8-19-20-14)13(11)16(21)23/h1-4,7-8H,5-6H2,(H,18,19,20). The average molecular weight is 310 g/mol. The minimum Gasteiger partial charge on any atom is -0.274 e. The first kappa shape index (κ1) is 13.6. The van der Waals surface area contributed by atoms with Gasteiger partial charge < -0.3 is 0 Å². The Morgan fingerprint density at radius 3 is 2.78 bits per heavy atom. The predicted molar refractivity (Wildman–Crippen MR) is 79.4 cm³/mol. The Morgan fingerprint density at radius 1 is 1.13 bits per heavy atom. The maximum Gasteiger partial charge on any atom is 0.263 e. The van der Waals surface area contributed by atoms with Crippen LogP contribution in [0.4, 0.5) is 4.39 Å². The number of carbonyl (C=O) groups excluding carboxylic acids is 2. The lowest BCUT2D eigenvalue weighted by Gasteiger charge is -2.13. The van der Waals surface area contributed by atoms with Crippen molar-refractivity contribution in [2.45, 2.75) is 6.42 Å². The molecule has 6 nitrogen and oxygen atoms in total. The maximum absolute atomic E-state index is 13.7. The van der Waals surface area contributed by atoms with E-state index in [9.17, 15) is 14.0 Å². The van der Waals surface area contributed by atoms with E-state index >= 15 is 0 Å². The Bertz CT molecular complexity index is 950. The molecule has 1 aromatic carbocycles. The molecule has 0 saturated heterocycles. The van der Waals surface area contributed by atoms with E-state index in [0.717, 1.165) is 4.90 Å². The van der Waals surface area contributed by atoms with Crippen LogP contribution in [0.3, 0.4) is 0 Å². The van der Waals surface area contributed by atoms with E-state index in [1.165, 1.54) is 18.5 Å². The number of nitrogens with one attached hydrogen (secondary N) is 1. The molecule has 4 rings (SSSR count). The fourth-order valence-corrected chi connectivity index (χ4v) is 2.80. The number of rotatable bonds is 3. The topological polar surface area (TPSA) is 79.0 Å². The lowest BCUT2D eigenvalue weighted by molar-refractivity contribution is 0.0656. The number of hydrogen-bond acceptors (Lipinski definition) is 4. The van der Waals surface area contributed by atoms with E-state index in [4.69, 9.17) is 0 Å². The molecule has 0 unspecified atom stereocenters. The highest BCUT2D eigenvalue weighted by Gasteiger charge is 2.37. The van der Waals surface area contributed by atoms with Crippen molar-refractivity contribution in [3.05, 3.63) is 59.2 Å². The van der Waals surface area contributed by atoms with E-state index in [2.05, 4.69) is 15.2 Å². The number of nitrogens with zero attached hydrogens (tertiary/aromatic N) is 3. The third kappa shape index (κ3) is 2.01. The number of aromatic nitrogens is 3. The summed E-state index contributed by atoms with van der Waals surface area (Å²) < 4.78 is 13.7. The SMILES string of the molecule is O=C1c2cnc3[nH]ncc3c2C(=O)N1CCc1ccccc1F. The van der Waals surface area contributed by atoms with Gasteiger partial charge in [-0.1, -0.05) is 18.2 Å². The first-order valence-electron chi connectivity index (χ1n) is 7.08. The molecule has 2 amide bonds. The van der Waals surface area contributed by atoms with Gasteiger partial charge in [-0.05, 0) is 18.1 Å². The van der Waals surface area contributed by atoms with Crippen LogP contribution in [0.2, 0.25) is 0 Å². The second kappa shape index (κ2) is 4.98. The van der Waals surface area contributed by atoms with Crippen LogP contribution in [0.25, 0.3) is 11.0 Å². The van der Waals surface area contributed by atoms with Crippen LogP contribution in [0, 0.1) is 5.82 Å². The lowest BCUT2D eigenvalue weighted by atomic mass is 10.1. The number of pyridine rings is 1. The minimum absolute atomic E-state index is 0.118. The summed E-state index contributed by atoms with van der Waals surface area (Å²) in [6.07, 6.45) is 3.12. The molecule has 0 atom stereocenters. The minimum atomic E-state index is -0.406. The number of H-pyrrole nitrogens is 1. The molecule has 2 aromatic heterocycles. The molecule has 1 N–H and O–H groups in total. The Labute approximate surface area is 129 Å². The third-order valence-electron chi connectivity index (χ3n) is 3.98. The Morgan fingerprint density at radius 2 is 1.96 bits per heavy atom. The molecule has 1 aliphatic rings. The van der Waals surface area contributed by atoms with Gasteiger partial charge in [0.2, 0.25) is 0 Å². The molecular weight excluding hydrogens is 299 g/mol. The van der Waals surface area contributed by atoms with Crippen molar-refractivity contribution in [1.82, 2.24) is 20.1 Å². The van der Waals surface area contributed by atoms with Gasteiger partial charge in [-0.15, -0.1) is 0 Å². The largest absolute Gasteiger partial charge is 0.274 e. The maximum atomic E-state index is 13.7. The summed E-state index contributed by atoms with van der Waals surface area (Å²) in [5.41, 5.74) is 1.50. The van der Waals surface area contributed by atoms with Crippen molar-refractivity contribution >= 4 is 22.8 Å². The van der Waals surface area contributed by atoms with Gasteiger partial charge in [0.05, 0.1) is 22.7 Å². The Kier molecular flexibility index (Phi) is 2.94. The quantitative estimate of drug-likeness (QED) is 0.750. The van der Waals surface area contributed by atoms with E-state index in [1.54, 1.807) is 18.2 Å². The molecule has 0 spiro atoms. The number of hydrogen-bond donors (Lipinski definition) is 1. The number of amides is 2. The molecule has 7 heteroatoms. The van der Waals surface area contributed by atoms with Crippen molar-refractivity contribution in [3.63, 3.8) is 0 Å². The monoisotopic (exact) mass is 310 g/mol. The number of halogens is 1. The average Bonchev–Trinajstić information content (AvgIpc) is 3.11. The fraction of sp³-hybridized carbons (Fsp3) is 0.125. The van der Waals surface area contributed by atoms with Gasteiger partial charge >= 0.3 is 0 Å². The lowest BCUT2D eigenvalue weighted by Crippen LogP contribution is -2.31. The van der Waals surface area contributed by atoms with E-state index in [-0.39, 0.29) is 24.3 Å². The number of fused-ring (bicyclic) bond motifs is 3. The summed E-state index contributed by atoms with van der Waals surface area (Å²) in [6, 6.07) is 6.32. The summed E-state index contributed by atoms with van der Waals surface area (Å²) in [5.74, 6) is -1.14. The molecule has 114 valence electrons. The fourth-order valence-electron chi connectivity index (χ4n) is 2.80. The van der Waals surface area contributed by atoms with Crippen molar-refractivity contribution in [1.29, 1.82) is 0 Å². The zero-order valence-electron chi connectivity index (χ0n) is 11.9. The number of imide groups is 1. The van der Waals surface area contributed by atoms with Crippen LogP contribution in [0.15, 0.2) is 36.7 Å². The highest BCUT2D eigenvalue weighted by Crippen LogP contribution is 2.28. The third-order valence-corrected chi connectivity index (χ3v) is 3.98. The Hall–Kier alpha value is -3.09. The van der Waals surface area contributed by atoms with Crippen LogP contribution in [0.1, 0.15) is 26.3 Å². The second-order valence-electron chi connectivity index (χ2n) is 5.28. The van der Waals surface area contributed by atoms with E-state index in [0.29, 0.717) is 22.2 Å². The van der Waals surface area contributed by atoms with Gasteiger partial charge in [-0.3, -0.25) is 19.6 Å². The number of benzene rings is 1. The van der Waals surface area contributed by atoms with Gasteiger partial charge in [-0.25, -0.2) is 9.37 Å². The van der Waals surface area contributed by atoms with Crippen LogP contribution in [-0.4, -0.2) is 38.4 Å². The normalized spacial score (nSPS) is 13.9. The van der Waals surface area contributed by atoms with E-state index in [1.807, 2.05) is 0 Å². The van der Waals surface area contributed by atoms with Gasteiger partial charge in [-0.2, -0.15) is 5.10 Å². The summed E-state index contributed by atoms with van der Waals surface area (Å²) in [4.78, 5) is 30.2. The molecule has 0 fully saturated rings. The Balaban J connectivity index is 1.65. The summed E-state index contributed by atoms with van der Waals surface area (Å²) in [5, 5.41) is 7.04. The molecule has 3 aromatic rings. The predicted octanol–water partition coefficient (Wildman–Crippen LogP) is 1.94. The van der Waals surface area contributed by atoms with Crippen molar-refractivity contribution in [3.8, 4) is 0 Å². The van der Waals surface area contributed by atoms with Crippen molar-refractivity contribution < 1.29 is 14.0 Å².